The Balaban J connectivity index is 2.22. The highest BCUT2D eigenvalue weighted by molar-refractivity contribution is 6.04. The van der Waals surface area contributed by atoms with Gasteiger partial charge in [-0.2, -0.15) is 0 Å². The number of rotatable bonds is 7. The van der Waals surface area contributed by atoms with E-state index in [9.17, 15) is 9.59 Å². The molecule has 0 aliphatic rings. The summed E-state index contributed by atoms with van der Waals surface area (Å²) in [6, 6.07) is 10.0. The van der Waals surface area contributed by atoms with E-state index >= 15 is 0 Å². The molecule has 1 heterocycles. The van der Waals surface area contributed by atoms with Gasteiger partial charge in [-0.05, 0) is 35.9 Å². The van der Waals surface area contributed by atoms with E-state index < -0.39 is 11.8 Å². The molecule has 1 aromatic carbocycles. The quantitative estimate of drug-likeness (QED) is 0.662. The zero-order valence-electron chi connectivity index (χ0n) is 13.1. The molecule has 3 N–H and O–H groups in total. The first-order valence-electron chi connectivity index (χ1n) is 7.23. The van der Waals surface area contributed by atoms with Gasteiger partial charge >= 0.3 is 0 Å². The van der Waals surface area contributed by atoms with Gasteiger partial charge in [0.2, 0.25) is 0 Å². The number of hydrogen-bond donors (Lipinski definition) is 3. The number of carbonyl (C=O) groups is 2. The molecule has 0 saturated heterocycles. The predicted molar refractivity (Wildman–Crippen MR) is 87.2 cm³/mol. The van der Waals surface area contributed by atoms with E-state index in [0.717, 1.165) is 0 Å². The minimum absolute atomic E-state index is 0.0371. The lowest BCUT2D eigenvalue weighted by Gasteiger charge is -2.09. The van der Waals surface area contributed by atoms with Gasteiger partial charge in [0, 0.05) is 6.54 Å². The molecular weight excluding hydrogens is 312 g/mol. The third-order valence-corrected chi connectivity index (χ3v) is 3.06. The summed E-state index contributed by atoms with van der Waals surface area (Å²) in [4.78, 5) is 24.3. The summed E-state index contributed by atoms with van der Waals surface area (Å²) in [5, 5.41) is 13.8. The van der Waals surface area contributed by atoms with Crippen LogP contribution >= 0.6 is 0 Å². The first-order valence-corrected chi connectivity index (χ1v) is 7.23. The number of furan rings is 1. The van der Waals surface area contributed by atoms with Gasteiger partial charge in [-0.15, -0.1) is 0 Å². The Morgan fingerprint density at radius 3 is 2.58 bits per heavy atom. The lowest BCUT2D eigenvalue weighted by molar-refractivity contribution is -0.117. The molecule has 0 unspecified atom stereocenters. The van der Waals surface area contributed by atoms with Crippen molar-refractivity contribution in [3.63, 3.8) is 0 Å². The number of hydrogen-bond acceptors (Lipinski definition) is 5. The Morgan fingerprint density at radius 2 is 2.00 bits per heavy atom. The van der Waals surface area contributed by atoms with Gasteiger partial charge in [0.25, 0.3) is 11.8 Å². The largest absolute Gasteiger partial charge is 0.497 e. The SMILES string of the molecule is COc1ccc(C=C(NC(=O)c2ccco2)C(=O)NCCO)cc1. The van der Waals surface area contributed by atoms with Crippen LogP contribution in [0.1, 0.15) is 16.1 Å². The molecule has 2 amide bonds. The maximum Gasteiger partial charge on any atom is 0.291 e. The summed E-state index contributed by atoms with van der Waals surface area (Å²) in [5.74, 6) is -0.290. The number of aliphatic hydroxyl groups is 1. The number of aliphatic hydroxyl groups excluding tert-OH is 1. The van der Waals surface area contributed by atoms with Crippen molar-refractivity contribution in [1.29, 1.82) is 0 Å². The van der Waals surface area contributed by atoms with E-state index in [2.05, 4.69) is 10.6 Å². The van der Waals surface area contributed by atoms with Crippen molar-refractivity contribution in [3.8, 4) is 5.75 Å². The van der Waals surface area contributed by atoms with Crippen molar-refractivity contribution < 1.29 is 23.8 Å². The van der Waals surface area contributed by atoms with Crippen LogP contribution in [0.2, 0.25) is 0 Å². The van der Waals surface area contributed by atoms with Crippen molar-refractivity contribution >= 4 is 17.9 Å². The van der Waals surface area contributed by atoms with Crippen LogP contribution in [-0.4, -0.2) is 37.2 Å². The molecule has 126 valence electrons. The highest BCUT2D eigenvalue weighted by Crippen LogP contribution is 2.14. The maximum atomic E-state index is 12.2. The smallest absolute Gasteiger partial charge is 0.291 e. The number of amides is 2. The van der Waals surface area contributed by atoms with E-state index in [0.29, 0.717) is 11.3 Å². The lowest BCUT2D eigenvalue weighted by Crippen LogP contribution is -2.36. The molecule has 0 saturated carbocycles. The van der Waals surface area contributed by atoms with Gasteiger partial charge in [0.05, 0.1) is 20.0 Å². The molecule has 7 nitrogen and oxygen atoms in total. The van der Waals surface area contributed by atoms with Crippen molar-refractivity contribution in [2.45, 2.75) is 0 Å². The van der Waals surface area contributed by atoms with Crippen LogP contribution in [0.15, 0.2) is 52.8 Å². The summed E-state index contributed by atoms with van der Waals surface area (Å²) in [6.45, 7) is -0.122. The Hall–Kier alpha value is -3.06. The van der Waals surface area contributed by atoms with Gasteiger partial charge in [0.1, 0.15) is 11.4 Å². The average molecular weight is 330 g/mol. The van der Waals surface area contributed by atoms with Crippen LogP contribution in [0, 0.1) is 0 Å². The number of carbonyl (C=O) groups excluding carboxylic acids is 2. The van der Waals surface area contributed by atoms with E-state index in [1.165, 1.54) is 18.4 Å². The predicted octanol–water partition coefficient (Wildman–Crippen LogP) is 1.17. The van der Waals surface area contributed by atoms with Gasteiger partial charge in [0.15, 0.2) is 5.76 Å². The molecular formula is C17H18N2O5. The average Bonchev–Trinajstić information content (AvgIpc) is 3.14. The first kappa shape index (κ1) is 17.3. The molecule has 0 atom stereocenters. The van der Waals surface area contributed by atoms with Crippen molar-refractivity contribution in [3.05, 3.63) is 59.7 Å². The highest BCUT2D eigenvalue weighted by Gasteiger charge is 2.15. The fraction of sp³-hybridized carbons (Fsp3) is 0.176. The third kappa shape index (κ3) is 4.72. The molecule has 0 radical (unpaired) electrons. The van der Waals surface area contributed by atoms with Crippen LogP contribution in [-0.2, 0) is 4.79 Å². The Bertz CT molecular complexity index is 705. The van der Waals surface area contributed by atoms with E-state index in [-0.39, 0.29) is 24.6 Å². The summed E-state index contributed by atoms with van der Waals surface area (Å²) < 4.78 is 10.1. The van der Waals surface area contributed by atoms with Gasteiger partial charge in [-0.3, -0.25) is 9.59 Å². The Kier molecular flexibility index (Phi) is 6.16. The zero-order chi connectivity index (χ0) is 17.4. The van der Waals surface area contributed by atoms with Crippen LogP contribution < -0.4 is 15.4 Å². The molecule has 2 rings (SSSR count). The minimum atomic E-state index is -0.543. The van der Waals surface area contributed by atoms with Crippen LogP contribution in [0.5, 0.6) is 5.75 Å². The standard InChI is InChI=1S/C17H18N2O5/c1-23-13-6-4-12(5-7-13)11-14(16(21)18-8-9-20)19-17(22)15-3-2-10-24-15/h2-7,10-11,20H,8-9H2,1H3,(H,18,21)(H,19,22). The van der Waals surface area contributed by atoms with Gasteiger partial charge in [-0.1, -0.05) is 12.1 Å². The van der Waals surface area contributed by atoms with Crippen molar-refractivity contribution in [1.82, 2.24) is 10.6 Å². The van der Waals surface area contributed by atoms with E-state index in [1.54, 1.807) is 37.4 Å². The highest BCUT2D eigenvalue weighted by atomic mass is 16.5. The Morgan fingerprint density at radius 1 is 1.25 bits per heavy atom. The first-order chi connectivity index (χ1) is 11.6. The van der Waals surface area contributed by atoms with Gasteiger partial charge < -0.3 is 24.9 Å². The zero-order valence-corrected chi connectivity index (χ0v) is 13.1. The fourth-order valence-electron chi connectivity index (χ4n) is 1.88. The van der Waals surface area contributed by atoms with Gasteiger partial charge in [-0.25, -0.2) is 0 Å². The molecule has 2 aromatic rings. The molecule has 0 bridgehead atoms. The molecule has 0 aliphatic heterocycles. The molecule has 24 heavy (non-hydrogen) atoms. The number of methoxy groups -OCH3 is 1. The van der Waals surface area contributed by atoms with Crippen LogP contribution in [0.4, 0.5) is 0 Å². The molecule has 1 aromatic heterocycles. The van der Waals surface area contributed by atoms with Crippen LogP contribution in [0.3, 0.4) is 0 Å². The van der Waals surface area contributed by atoms with Crippen molar-refractivity contribution in [2.24, 2.45) is 0 Å². The molecule has 0 fully saturated rings. The summed E-state index contributed by atoms with van der Waals surface area (Å²) >= 11 is 0. The van der Waals surface area contributed by atoms with Crippen LogP contribution in [0.25, 0.3) is 6.08 Å². The van der Waals surface area contributed by atoms with Crippen molar-refractivity contribution in [2.75, 3.05) is 20.3 Å². The van der Waals surface area contributed by atoms with E-state index in [4.69, 9.17) is 14.3 Å². The van der Waals surface area contributed by atoms with E-state index in [1.807, 2.05) is 0 Å². The Labute approximate surface area is 138 Å². The fourth-order valence-corrected chi connectivity index (χ4v) is 1.88. The second-order valence-corrected chi connectivity index (χ2v) is 4.74. The minimum Gasteiger partial charge on any atom is -0.497 e. The normalized spacial score (nSPS) is 11.0. The molecule has 0 spiro atoms. The molecule has 7 heteroatoms. The third-order valence-electron chi connectivity index (χ3n) is 3.06. The summed E-state index contributed by atoms with van der Waals surface area (Å²) in [7, 11) is 1.56. The number of ether oxygens (including phenoxy) is 1. The summed E-state index contributed by atoms with van der Waals surface area (Å²) in [6.07, 6.45) is 2.89. The second kappa shape index (κ2) is 8.54. The lowest BCUT2D eigenvalue weighted by atomic mass is 10.1. The molecule has 0 aliphatic carbocycles. The topological polar surface area (TPSA) is 101 Å². The maximum absolute atomic E-state index is 12.2. The second-order valence-electron chi connectivity index (χ2n) is 4.74. The summed E-state index contributed by atoms with van der Waals surface area (Å²) in [5.41, 5.74) is 0.736. The monoisotopic (exact) mass is 330 g/mol. The number of benzene rings is 1. The number of nitrogens with one attached hydrogen (secondary N) is 2.